The molecule has 0 aromatic heterocycles. The number of amides is 2. The van der Waals surface area contributed by atoms with E-state index in [-0.39, 0.29) is 18.4 Å². The molecule has 2 aromatic rings. The summed E-state index contributed by atoms with van der Waals surface area (Å²) in [5.74, 6) is 0.395. The molecule has 1 aliphatic rings. The quantitative estimate of drug-likeness (QED) is 0.591. The van der Waals surface area contributed by atoms with Crippen molar-refractivity contribution in [1.82, 2.24) is 4.90 Å². The molecule has 0 unspecified atom stereocenters. The van der Waals surface area contributed by atoms with Gasteiger partial charge in [0.25, 0.3) is 0 Å². The van der Waals surface area contributed by atoms with Crippen LogP contribution in [-0.4, -0.2) is 69.8 Å². The number of para-hydroxylation sites is 2. The average Bonchev–Trinajstić information content (AvgIpc) is 2.83. The number of carbonyl (C=O) groups is 2. The van der Waals surface area contributed by atoms with Crippen molar-refractivity contribution in [2.24, 2.45) is 0 Å². The van der Waals surface area contributed by atoms with E-state index in [2.05, 4.69) is 15.5 Å². The number of hydrogen-bond donors (Lipinski definition) is 2. The van der Waals surface area contributed by atoms with Crippen LogP contribution in [0.1, 0.15) is 13.3 Å². The van der Waals surface area contributed by atoms with Crippen LogP contribution in [0.25, 0.3) is 0 Å². The third-order valence-corrected chi connectivity index (χ3v) is 5.38. The molecule has 8 nitrogen and oxygen atoms in total. The summed E-state index contributed by atoms with van der Waals surface area (Å²) < 4.78 is 10.6. The summed E-state index contributed by atoms with van der Waals surface area (Å²) in [5, 5.41) is 5.80. The number of methoxy groups -OCH3 is 1. The van der Waals surface area contributed by atoms with E-state index in [0.717, 1.165) is 37.7 Å². The molecule has 0 radical (unpaired) electrons. The molecule has 0 saturated carbocycles. The first-order valence-electron chi connectivity index (χ1n) is 11.0. The van der Waals surface area contributed by atoms with Crippen LogP contribution >= 0.6 is 0 Å². The summed E-state index contributed by atoms with van der Waals surface area (Å²) >= 11 is 0. The minimum atomic E-state index is -0.143. The van der Waals surface area contributed by atoms with Crippen molar-refractivity contribution in [2.75, 3.05) is 68.6 Å². The number of ether oxygens (including phenoxy) is 2. The lowest BCUT2D eigenvalue weighted by molar-refractivity contribution is -0.119. The fraction of sp³-hybridized carbons (Fsp3) is 0.417. The summed E-state index contributed by atoms with van der Waals surface area (Å²) in [5.41, 5.74) is 2.53. The first-order chi connectivity index (χ1) is 15.6. The number of hydrogen-bond acceptors (Lipinski definition) is 6. The Morgan fingerprint density at radius 1 is 1.03 bits per heavy atom. The number of nitrogens with zero attached hydrogens (tertiary/aromatic N) is 2. The van der Waals surface area contributed by atoms with Crippen molar-refractivity contribution in [2.45, 2.75) is 13.3 Å². The second-order valence-electron chi connectivity index (χ2n) is 7.56. The number of rotatable bonds is 10. The number of anilines is 3. The summed E-state index contributed by atoms with van der Waals surface area (Å²) in [6, 6.07) is 15.1. The van der Waals surface area contributed by atoms with Crippen molar-refractivity contribution >= 4 is 28.9 Å². The van der Waals surface area contributed by atoms with Gasteiger partial charge in [0, 0.05) is 37.4 Å². The molecule has 0 spiro atoms. The first-order valence-corrected chi connectivity index (χ1v) is 11.0. The molecule has 3 rings (SSSR count). The minimum Gasteiger partial charge on any atom is -0.495 e. The molecule has 1 heterocycles. The van der Waals surface area contributed by atoms with Crippen molar-refractivity contribution in [3.8, 4) is 5.75 Å². The Hall–Kier alpha value is -3.10. The zero-order valence-corrected chi connectivity index (χ0v) is 18.8. The van der Waals surface area contributed by atoms with Crippen LogP contribution in [-0.2, 0) is 14.3 Å². The van der Waals surface area contributed by atoms with Gasteiger partial charge in [-0.1, -0.05) is 19.1 Å². The molecular formula is C24H32N4O4. The summed E-state index contributed by atoms with van der Waals surface area (Å²) in [6.45, 7) is 6.57. The normalized spacial score (nSPS) is 13.7. The fourth-order valence-corrected chi connectivity index (χ4v) is 3.55. The van der Waals surface area contributed by atoms with Gasteiger partial charge < -0.3 is 25.0 Å². The second kappa shape index (κ2) is 12.1. The Morgan fingerprint density at radius 3 is 2.44 bits per heavy atom. The highest BCUT2D eigenvalue weighted by molar-refractivity contribution is 5.94. The third kappa shape index (κ3) is 6.96. The Labute approximate surface area is 189 Å². The Morgan fingerprint density at radius 2 is 1.75 bits per heavy atom. The smallest absolute Gasteiger partial charge is 0.238 e. The summed E-state index contributed by atoms with van der Waals surface area (Å²) in [7, 11) is 1.57. The maximum atomic E-state index is 12.4. The first kappa shape index (κ1) is 23.6. The molecule has 2 N–H and O–H groups in total. The predicted molar refractivity (Wildman–Crippen MR) is 126 cm³/mol. The van der Waals surface area contributed by atoms with Crippen molar-refractivity contribution < 1.29 is 19.1 Å². The van der Waals surface area contributed by atoms with E-state index >= 15 is 0 Å². The Kier molecular flexibility index (Phi) is 8.89. The highest BCUT2D eigenvalue weighted by Gasteiger charge is 2.14. The van der Waals surface area contributed by atoms with Crippen LogP contribution in [0, 0.1) is 0 Å². The molecule has 0 atom stereocenters. The van der Waals surface area contributed by atoms with Crippen molar-refractivity contribution in [3.63, 3.8) is 0 Å². The molecule has 2 aromatic carbocycles. The van der Waals surface area contributed by atoms with Gasteiger partial charge in [-0.3, -0.25) is 14.5 Å². The molecule has 0 aliphatic carbocycles. The Bertz CT molecular complexity index is 882. The van der Waals surface area contributed by atoms with E-state index in [1.807, 2.05) is 48.2 Å². The highest BCUT2D eigenvalue weighted by atomic mass is 16.5. The predicted octanol–water partition coefficient (Wildman–Crippen LogP) is 2.82. The van der Waals surface area contributed by atoms with Crippen LogP contribution < -0.4 is 20.3 Å². The molecule has 172 valence electrons. The number of nitrogens with one attached hydrogen (secondary N) is 2. The van der Waals surface area contributed by atoms with E-state index < -0.39 is 0 Å². The molecule has 0 bridgehead atoms. The van der Waals surface area contributed by atoms with Crippen LogP contribution in [0.3, 0.4) is 0 Å². The lowest BCUT2D eigenvalue weighted by atomic mass is 10.2. The molecule has 2 amide bonds. The third-order valence-electron chi connectivity index (χ3n) is 5.38. The van der Waals surface area contributed by atoms with Crippen LogP contribution in [0.2, 0.25) is 0 Å². The largest absolute Gasteiger partial charge is 0.495 e. The number of morpholine rings is 1. The summed E-state index contributed by atoms with van der Waals surface area (Å²) in [6.07, 6.45) is 0.307. The van der Waals surface area contributed by atoms with Crippen molar-refractivity contribution in [1.29, 1.82) is 0 Å². The lowest BCUT2D eigenvalue weighted by Gasteiger charge is -2.28. The van der Waals surface area contributed by atoms with E-state index in [9.17, 15) is 9.59 Å². The molecule has 1 saturated heterocycles. The van der Waals surface area contributed by atoms with Crippen LogP contribution in [0.4, 0.5) is 17.1 Å². The monoisotopic (exact) mass is 440 g/mol. The summed E-state index contributed by atoms with van der Waals surface area (Å²) in [4.78, 5) is 29.0. The maximum Gasteiger partial charge on any atom is 0.238 e. The van der Waals surface area contributed by atoms with Crippen LogP contribution in [0.5, 0.6) is 5.75 Å². The lowest BCUT2D eigenvalue weighted by Crippen LogP contribution is -2.36. The zero-order valence-electron chi connectivity index (χ0n) is 18.8. The minimum absolute atomic E-state index is 0.0762. The van der Waals surface area contributed by atoms with Gasteiger partial charge in [0.05, 0.1) is 32.6 Å². The molecule has 32 heavy (non-hydrogen) atoms. The van der Waals surface area contributed by atoms with E-state index in [0.29, 0.717) is 30.9 Å². The average molecular weight is 441 g/mol. The highest BCUT2D eigenvalue weighted by Crippen LogP contribution is 2.23. The van der Waals surface area contributed by atoms with Gasteiger partial charge in [-0.2, -0.15) is 0 Å². The molecular weight excluding hydrogens is 408 g/mol. The topological polar surface area (TPSA) is 83.1 Å². The standard InChI is InChI=1S/C24H32N4O4/c1-3-27(18-24(30)26-21-6-4-5-7-22(21)31-2)13-12-23(29)25-19-8-10-20(11-9-19)28-14-16-32-17-15-28/h4-11H,3,12-18H2,1-2H3,(H,25,29)(H,26,30). The number of benzene rings is 2. The number of likely N-dealkylation sites (N-methyl/N-ethyl adjacent to an activating group) is 1. The zero-order chi connectivity index (χ0) is 22.8. The molecule has 1 aliphatic heterocycles. The van der Waals surface area contributed by atoms with Gasteiger partial charge in [0.1, 0.15) is 5.75 Å². The number of carbonyl (C=O) groups excluding carboxylic acids is 2. The molecule has 8 heteroatoms. The van der Waals surface area contributed by atoms with Gasteiger partial charge in [-0.25, -0.2) is 0 Å². The van der Waals surface area contributed by atoms with Crippen molar-refractivity contribution in [3.05, 3.63) is 48.5 Å². The van der Waals surface area contributed by atoms with E-state index in [4.69, 9.17) is 9.47 Å². The van der Waals surface area contributed by atoms with Gasteiger partial charge >= 0.3 is 0 Å². The molecule has 1 fully saturated rings. The van der Waals surface area contributed by atoms with Gasteiger partial charge in [-0.05, 0) is 42.9 Å². The van der Waals surface area contributed by atoms with E-state index in [1.165, 1.54) is 0 Å². The fourth-order valence-electron chi connectivity index (χ4n) is 3.55. The van der Waals surface area contributed by atoms with Crippen LogP contribution in [0.15, 0.2) is 48.5 Å². The van der Waals surface area contributed by atoms with Gasteiger partial charge in [0.2, 0.25) is 11.8 Å². The van der Waals surface area contributed by atoms with Gasteiger partial charge in [0.15, 0.2) is 0 Å². The maximum absolute atomic E-state index is 12.4. The van der Waals surface area contributed by atoms with Gasteiger partial charge in [-0.15, -0.1) is 0 Å². The second-order valence-corrected chi connectivity index (χ2v) is 7.56. The van der Waals surface area contributed by atoms with E-state index in [1.54, 1.807) is 19.2 Å². The Balaban J connectivity index is 1.43. The SMILES string of the molecule is CCN(CCC(=O)Nc1ccc(N2CCOCC2)cc1)CC(=O)Nc1ccccc1OC.